The standard InChI is InChI=1S/C10H7N3O3/c11-9-12-7(4-15-9)5-1-2-8-6(3-5)13-10(14)16-8/h1-4H,(H2,11,12)(H,13,14). The summed E-state index contributed by atoms with van der Waals surface area (Å²) in [5, 5.41) is 0. The second-order valence-electron chi connectivity index (χ2n) is 3.30. The molecular formula is C10H7N3O3. The Morgan fingerprint density at radius 3 is 3.00 bits per heavy atom. The Hall–Kier alpha value is -2.50. The molecule has 0 radical (unpaired) electrons. The van der Waals surface area contributed by atoms with Crippen LogP contribution in [-0.2, 0) is 0 Å². The zero-order chi connectivity index (χ0) is 11.1. The molecule has 0 saturated carbocycles. The fourth-order valence-electron chi connectivity index (χ4n) is 1.53. The average molecular weight is 217 g/mol. The molecule has 3 rings (SSSR count). The quantitative estimate of drug-likeness (QED) is 0.641. The average Bonchev–Trinajstić information content (AvgIpc) is 2.81. The van der Waals surface area contributed by atoms with E-state index in [1.165, 1.54) is 6.26 Å². The summed E-state index contributed by atoms with van der Waals surface area (Å²) in [6.07, 6.45) is 1.45. The van der Waals surface area contributed by atoms with Crippen molar-refractivity contribution in [3.8, 4) is 11.3 Å². The molecule has 2 heterocycles. The van der Waals surface area contributed by atoms with E-state index < -0.39 is 5.76 Å². The lowest BCUT2D eigenvalue weighted by Gasteiger charge is -1.93. The molecule has 0 aliphatic rings. The van der Waals surface area contributed by atoms with E-state index in [2.05, 4.69) is 9.97 Å². The molecule has 80 valence electrons. The highest BCUT2D eigenvalue weighted by Crippen LogP contribution is 2.22. The van der Waals surface area contributed by atoms with Crippen LogP contribution in [0.25, 0.3) is 22.4 Å². The third kappa shape index (κ3) is 1.28. The minimum absolute atomic E-state index is 0.107. The van der Waals surface area contributed by atoms with Crippen molar-refractivity contribution < 1.29 is 8.83 Å². The Morgan fingerprint density at radius 1 is 1.38 bits per heavy atom. The van der Waals surface area contributed by atoms with Gasteiger partial charge < -0.3 is 14.6 Å². The largest absolute Gasteiger partial charge is 0.432 e. The van der Waals surface area contributed by atoms with Gasteiger partial charge in [-0.15, -0.1) is 0 Å². The van der Waals surface area contributed by atoms with E-state index in [1.54, 1.807) is 18.2 Å². The number of aromatic amines is 1. The van der Waals surface area contributed by atoms with Gasteiger partial charge in [0.2, 0.25) is 0 Å². The molecule has 0 unspecified atom stereocenters. The van der Waals surface area contributed by atoms with Crippen molar-refractivity contribution in [2.75, 3.05) is 5.73 Å². The predicted molar refractivity (Wildman–Crippen MR) is 56.7 cm³/mol. The van der Waals surface area contributed by atoms with Gasteiger partial charge >= 0.3 is 5.76 Å². The number of H-pyrrole nitrogens is 1. The first kappa shape index (κ1) is 8.78. The van der Waals surface area contributed by atoms with Gasteiger partial charge in [0.25, 0.3) is 6.01 Å². The number of aromatic nitrogens is 2. The lowest BCUT2D eigenvalue weighted by atomic mass is 10.1. The number of anilines is 1. The topological polar surface area (TPSA) is 98.0 Å². The van der Waals surface area contributed by atoms with Gasteiger partial charge in [-0.2, -0.15) is 4.98 Å². The first-order valence-corrected chi connectivity index (χ1v) is 4.56. The Labute approximate surface area is 88.7 Å². The molecule has 0 spiro atoms. The zero-order valence-corrected chi connectivity index (χ0v) is 8.06. The molecule has 16 heavy (non-hydrogen) atoms. The number of hydrogen-bond donors (Lipinski definition) is 2. The van der Waals surface area contributed by atoms with Crippen molar-refractivity contribution in [1.29, 1.82) is 0 Å². The number of oxazole rings is 2. The molecule has 3 N–H and O–H groups in total. The highest BCUT2D eigenvalue weighted by molar-refractivity contribution is 5.78. The normalized spacial score (nSPS) is 11.0. The smallest absolute Gasteiger partial charge is 0.417 e. The van der Waals surface area contributed by atoms with Gasteiger partial charge in [0.1, 0.15) is 12.0 Å². The number of fused-ring (bicyclic) bond motifs is 1. The number of benzene rings is 1. The van der Waals surface area contributed by atoms with Crippen molar-refractivity contribution in [3.05, 3.63) is 35.0 Å². The summed E-state index contributed by atoms with van der Waals surface area (Å²) in [5.74, 6) is -0.480. The maximum Gasteiger partial charge on any atom is 0.417 e. The van der Waals surface area contributed by atoms with E-state index in [0.29, 0.717) is 16.8 Å². The predicted octanol–water partition coefficient (Wildman–Crippen LogP) is 1.36. The van der Waals surface area contributed by atoms with Gasteiger partial charge in [0, 0.05) is 5.56 Å². The van der Waals surface area contributed by atoms with Gasteiger partial charge in [-0.3, -0.25) is 4.98 Å². The van der Waals surface area contributed by atoms with Crippen LogP contribution in [0, 0.1) is 0 Å². The molecule has 6 heteroatoms. The van der Waals surface area contributed by atoms with Crippen LogP contribution in [-0.4, -0.2) is 9.97 Å². The summed E-state index contributed by atoms with van der Waals surface area (Å²) in [5.41, 5.74) is 7.91. The Morgan fingerprint density at radius 2 is 2.25 bits per heavy atom. The molecule has 0 amide bonds. The van der Waals surface area contributed by atoms with E-state index in [9.17, 15) is 4.79 Å². The minimum atomic E-state index is -0.480. The van der Waals surface area contributed by atoms with Gasteiger partial charge in [-0.25, -0.2) is 4.79 Å². The highest BCUT2D eigenvalue weighted by Gasteiger charge is 2.07. The van der Waals surface area contributed by atoms with Crippen LogP contribution < -0.4 is 11.5 Å². The second-order valence-corrected chi connectivity index (χ2v) is 3.30. The van der Waals surface area contributed by atoms with Gasteiger partial charge in [0.05, 0.1) is 5.52 Å². The fourth-order valence-corrected chi connectivity index (χ4v) is 1.53. The van der Waals surface area contributed by atoms with E-state index >= 15 is 0 Å². The summed E-state index contributed by atoms with van der Waals surface area (Å²) in [6.45, 7) is 0. The lowest BCUT2D eigenvalue weighted by molar-refractivity contribution is 0.555. The molecular weight excluding hydrogens is 210 g/mol. The lowest BCUT2D eigenvalue weighted by Crippen LogP contribution is -1.92. The van der Waals surface area contributed by atoms with Crippen LogP contribution >= 0.6 is 0 Å². The second kappa shape index (κ2) is 2.99. The fraction of sp³-hybridized carbons (Fsp3) is 0. The van der Waals surface area contributed by atoms with Gasteiger partial charge in [-0.05, 0) is 18.2 Å². The van der Waals surface area contributed by atoms with E-state index in [-0.39, 0.29) is 6.01 Å². The Bertz CT molecular complexity index is 707. The Kier molecular flexibility index (Phi) is 1.64. The first-order chi connectivity index (χ1) is 7.72. The maximum absolute atomic E-state index is 11.0. The molecule has 0 fully saturated rings. The van der Waals surface area contributed by atoms with E-state index in [1.807, 2.05) is 0 Å². The molecule has 0 atom stereocenters. The molecule has 6 nitrogen and oxygen atoms in total. The number of rotatable bonds is 1. The molecule has 0 saturated heterocycles. The first-order valence-electron chi connectivity index (χ1n) is 4.56. The van der Waals surface area contributed by atoms with Crippen molar-refractivity contribution in [2.45, 2.75) is 0 Å². The highest BCUT2D eigenvalue weighted by atomic mass is 16.4. The SMILES string of the molecule is Nc1nc(-c2ccc3oc(=O)[nH]c3c2)co1. The van der Waals surface area contributed by atoms with Crippen LogP contribution in [0.3, 0.4) is 0 Å². The number of hydrogen-bond acceptors (Lipinski definition) is 5. The molecule has 0 aliphatic carbocycles. The van der Waals surface area contributed by atoms with E-state index in [0.717, 1.165) is 5.56 Å². The molecule has 1 aromatic carbocycles. The van der Waals surface area contributed by atoms with Crippen molar-refractivity contribution in [2.24, 2.45) is 0 Å². The summed E-state index contributed by atoms with van der Waals surface area (Å²) in [7, 11) is 0. The molecule has 2 aromatic heterocycles. The summed E-state index contributed by atoms with van der Waals surface area (Å²) in [6, 6.07) is 5.32. The summed E-state index contributed by atoms with van der Waals surface area (Å²) in [4.78, 5) is 17.5. The van der Waals surface area contributed by atoms with Crippen LogP contribution in [0.4, 0.5) is 6.01 Å². The number of nitrogens with one attached hydrogen (secondary N) is 1. The zero-order valence-electron chi connectivity index (χ0n) is 8.06. The van der Waals surface area contributed by atoms with Crippen molar-refractivity contribution >= 4 is 17.1 Å². The van der Waals surface area contributed by atoms with Crippen LogP contribution in [0.2, 0.25) is 0 Å². The van der Waals surface area contributed by atoms with E-state index in [4.69, 9.17) is 14.6 Å². The molecule has 0 bridgehead atoms. The van der Waals surface area contributed by atoms with Crippen LogP contribution in [0.1, 0.15) is 0 Å². The molecule has 3 aromatic rings. The monoisotopic (exact) mass is 217 g/mol. The third-order valence-corrected chi connectivity index (χ3v) is 2.24. The molecule has 0 aliphatic heterocycles. The van der Waals surface area contributed by atoms with Gasteiger partial charge in [-0.1, -0.05) is 0 Å². The van der Waals surface area contributed by atoms with Crippen LogP contribution in [0.15, 0.2) is 38.1 Å². The summed E-state index contributed by atoms with van der Waals surface area (Å²) < 4.78 is 9.79. The minimum Gasteiger partial charge on any atom is -0.432 e. The van der Waals surface area contributed by atoms with Crippen LogP contribution in [0.5, 0.6) is 0 Å². The number of nitrogen functional groups attached to an aromatic ring is 1. The van der Waals surface area contributed by atoms with Gasteiger partial charge in [0.15, 0.2) is 5.58 Å². The van der Waals surface area contributed by atoms with Crippen molar-refractivity contribution in [1.82, 2.24) is 9.97 Å². The number of nitrogens with zero attached hydrogens (tertiary/aromatic N) is 1. The number of nitrogens with two attached hydrogens (primary N) is 1. The Balaban J connectivity index is 2.21. The summed E-state index contributed by atoms with van der Waals surface area (Å²) >= 11 is 0. The third-order valence-electron chi connectivity index (χ3n) is 2.24. The van der Waals surface area contributed by atoms with Crippen molar-refractivity contribution in [3.63, 3.8) is 0 Å². The maximum atomic E-state index is 11.0.